The average Bonchev–Trinajstić information content (AvgIpc) is 2.66. The predicted molar refractivity (Wildman–Crippen MR) is 93.8 cm³/mol. The maximum Gasteiger partial charge on any atom is 0.339 e. The molecule has 0 aromatic heterocycles. The summed E-state index contributed by atoms with van der Waals surface area (Å²) >= 11 is 0. The van der Waals surface area contributed by atoms with E-state index < -0.39 is 16.9 Å². The van der Waals surface area contributed by atoms with Crippen molar-refractivity contribution in [3.8, 4) is 0 Å². The van der Waals surface area contributed by atoms with Crippen LogP contribution in [-0.4, -0.2) is 23.5 Å². The van der Waals surface area contributed by atoms with Gasteiger partial charge in [0.15, 0.2) is 0 Å². The van der Waals surface area contributed by atoms with Crippen LogP contribution < -0.4 is 0 Å². The van der Waals surface area contributed by atoms with Crippen LogP contribution in [0.1, 0.15) is 46.0 Å². The molecule has 26 heavy (non-hydrogen) atoms. The lowest BCUT2D eigenvalue weighted by Crippen LogP contribution is -2.15. The summed E-state index contributed by atoms with van der Waals surface area (Å²) in [6.45, 7) is 2.16. The predicted octanol–water partition coefficient (Wildman–Crippen LogP) is 3.91. The molecule has 0 bridgehead atoms. The molecule has 0 saturated carbocycles. The third kappa shape index (κ3) is 5.14. The second-order valence-corrected chi connectivity index (χ2v) is 5.54. The topological polar surface area (TPSA) is 95.7 Å². The summed E-state index contributed by atoms with van der Waals surface area (Å²) in [4.78, 5) is 34.9. The monoisotopic (exact) mass is 357 g/mol. The SMILES string of the molecule is CCCCOC(=O)c1ccc([N+](=O)[O-])cc1C(=O)OCc1ccccc1. The normalized spacial score (nSPS) is 10.2. The van der Waals surface area contributed by atoms with Crippen LogP contribution in [0.25, 0.3) is 0 Å². The van der Waals surface area contributed by atoms with E-state index in [0.717, 1.165) is 24.1 Å². The van der Waals surface area contributed by atoms with E-state index in [1.807, 2.05) is 13.0 Å². The fourth-order valence-electron chi connectivity index (χ4n) is 2.18. The number of nitro groups is 1. The Bertz CT molecular complexity index is 788. The van der Waals surface area contributed by atoms with Gasteiger partial charge >= 0.3 is 11.9 Å². The molecule has 0 radical (unpaired) electrons. The summed E-state index contributed by atoms with van der Waals surface area (Å²) in [5, 5.41) is 11.0. The molecule has 2 aromatic carbocycles. The molecule has 0 heterocycles. The minimum absolute atomic E-state index is 0.00725. The lowest BCUT2D eigenvalue weighted by atomic mass is 10.1. The Kier molecular flexibility index (Phi) is 6.84. The fraction of sp³-hybridized carbons (Fsp3) is 0.263. The van der Waals surface area contributed by atoms with Crippen molar-refractivity contribution in [1.29, 1.82) is 0 Å². The molecule has 0 aliphatic heterocycles. The molecular weight excluding hydrogens is 338 g/mol. The molecule has 0 saturated heterocycles. The molecule has 0 unspecified atom stereocenters. The van der Waals surface area contributed by atoms with Crippen LogP contribution in [0.4, 0.5) is 5.69 Å². The summed E-state index contributed by atoms with van der Waals surface area (Å²) in [5.41, 5.74) is 0.224. The van der Waals surface area contributed by atoms with Gasteiger partial charge in [0, 0.05) is 12.1 Å². The van der Waals surface area contributed by atoms with Crippen molar-refractivity contribution in [2.24, 2.45) is 0 Å². The van der Waals surface area contributed by atoms with Crippen LogP contribution in [0.15, 0.2) is 48.5 Å². The fourth-order valence-corrected chi connectivity index (χ4v) is 2.18. The molecule has 2 aromatic rings. The van der Waals surface area contributed by atoms with E-state index in [4.69, 9.17) is 9.47 Å². The highest BCUT2D eigenvalue weighted by Crippen LogP contribution is 2.20. The number of hydrogen-bond acceptors (Lipinski definition) is 6. The zero-order valence-corrected chi connectivity index (χ0v) is 14.3. The lowest BCUT2D eigenvalue weighted by Gasteiger charge is -2.10. The van der Waals surface area contributed by atoms with Crippen LogP contribution in [0.5, 0.6) is 0 Å². The molecule has 0 aliphatic carbocycles. The van der Waals surface area contributed by atoms with Gasteiger partial charge < -0.3 is 9.47 Å². The zero-order chi connectivity index (χ0) is 18.9. The Morgan fingerprint density at radius 2 is 1.69 bits per heavy atom. The molecule has 0 spiro atoms. The van der Waals surface area contributed by atoms with Gasteiger partial charge in [-0.15, -0.1) is 0 Å². The second kappa shape index (κ2) is 9.31. The zero-order valence-electron chi connectivity index (χ0n) is 14.3. The van der Waals surface area contributed by atoms with E-state index in [0.29, 0.717) is 6.42 Å². The number of ether oxygens (including phenoxy) is 2. The molecule has 136 valence electrons. The second-order valence-electron chi connectivity index (χ2n) is 5.54. The Hall–Kier alpha value is -3.22. The number of carbonyl (C=O) groups is 2. The standard InChI is InChI=1S/C19H19NO6/c1-2-3-11-25-18(21)16-10-9-15(20(23)24)12-17(16)19(22)26-13-14-7-5-4-6-8-14/h4-10,12H,2-3,11,13H2,1H3. The highest BCUT2D eigenvalue weighted by molar-refractivity contribution is 6.03. The van der Waals surface area contributed by atoms with Crippen LogP contribution >= 0.6 is 0 Å². The van der Waals surface area contributed by atoms with E-state index in [2.05, 4.69) is 0 Å². The quantitative estimate of drug-likeness (QED) is 0.308. The maximum atomic E-state index is 12.4. The Labute approximate surface area is 150 Å². The first-order valence-corrected chi connectivity index (χ1v) is 8.19. The van der Waals surface area contributed by atoms with Gasteiger partial charge in [0.1, 0.15) is 6.61 Å². The van der Waals surface area contributed by atoms with Crippen LogP contribution in [-0.2, 0) is 16.1 Å². The number of non-ortho nitro benzene ring substituents is 1. The van der Waals surface area contributed by atoms with E-state index in [1.54, 1.807) is 24.3 Å². The first-order valence-electron chi connectivity index (χ1n) is 8.19. The van der Waals surface area contributed by atoms with Crippen LogP contribution in [0.2, 0.25) is 0 Å². The molecule has 0 aliphatic rings. The van der Waals surface area contributed by atoms with Gasteiger partial charge in [0.25, 0.3) is 5.69 Å². The van der Waals surface area contributed by atoms with E-state index >= 15 is 0 Å². The van der Waals surface area contributed by atoms with Gasteiger partial charge in [-0.05, 0) is 18.1 Å². The smallest absolute Gasteiger partial charge is 0.339 e. The number of nitro benzene ring substituents is 1. The molecule has 2 rings (SSSR count). The summed E-state index contributed by atoms with van der Waals surface area (Å²) in [6.07, 6.45) is 1.53. The molecule has 7 heteroatoms. The van der Waals surface area contributed by atoms with Gasteiger partial charge in [-0.2, -0.15) is 0 Å². The molecule has 0 amide bonds. The highest BCUT2D eigenvalue weighted by atomic mass is 16.6. The van der Waals surface area contributed by atoms with Crippen LogP contribution in [0, 0.1) is 10.1 Å². The Morgan fingerprint density at radius 1 is 1.00 bits per heavy atom. The number of rotatable bonds is 8. The maximum absolute atomic E-state index is 12.4. The Morgan fingerprint density at radius 3 is 2.35 bits per heavy atom. The van der Waals surface area contributed by atoms with Gasteiger partial charge in [-0.1, -0.05) is 43.7 Å². The average molecular weight is 357 g/mol. The van der Waals surface area contributed by atoms with E-state index in [9.17, 15) is 19.7 Å². The minimum atomic E-state index is -0.819. The molecule has 0 fully saturated rings. The summed E-state index contributed by atoms with van der Waals surface area (Å²) in [6, 6.07) is 12.4. The number of carbonyl (C=O) groups excluding carboxylic acids is 2. The molecule has 7 nitrogen and oxygen atoms in total. The Balaban J connectivity index is 2.21. The van der Waals surface area contributed by atoms with Crippen molar-refractivity contribution in [2.75, 3.05) is 6.61 Å². The summed E-state index contributed by atoms with van der Waals surface area (Å²) in [7, 11) is 0. The summed E-state index contributed by atoms with van der Waals surface area (Å²) < 4.78 is 10.3. The number of esters is 2. The number of hydrogen-bond donors (Lipinski definition) is 0. The van der Waals surface area contributed by atoms with Crippen molar-refractivity contribution >= 4 is 17.6 Å². The molecular formula is C19H19NO6. The first kappa shape index (κ1) is 19.1. The van der Waals surface area contributed by atoms with E-state index in [-0.39, 0.29) is 30.0 Å². The van der Waals surface area contributed by atoms with Gasteiger partial charge in [-0.3, -0.25) is 10.1 Å². The lowest BCUT2D eigenvalue weighted by molar-refractivity contribution is -0.384. The molecule has 0 N–H and O–H groups in total. The van der Waals surface area contributed by atoms with Crippen molar-refractivity contribution in [3.63, 3.8) is 0 Å². The third-order valence-electron chi connectivity index (χ3n) is 3.60. The first-order chi connectivity index (χ1) is 12.5. The van der Waals surface area contributed by atoms with Crippen LogP contribution in [0.3, 0.4) is 0 Å². The number of nitrogens with zero attached hydrogens (tertiary/aromatic N) is 1. The van der Waals surface area contributed by atoms with Crippen molar-refractivity contribution in [1.82, 2.24) is 0 Å². The van der Waals surface area contributed by atoms with Gasteiger partial charge in [0.05, 0.1) is 22.7 Å². The molecule has 0 atom stereocenters. The van der Waals surface area contributed by atoms with Crippen molar-refractivity contribution in [3.05, 3.63) is 75.3 Å². The number of unbranched alkanes of at least 4 members (excludes halogenated alkanes) is 1. The largest absolute Gasteiger partial charge is 0.462 e. The van der Waals surface area contributed by atoms with Crippen molar-refractivity contribution in [2.45, 2.75) is 26.4 Å². The number of benzene rings is 2. The van der Waals surface area contributed by atoms with Gasteiger partial charge in [0.2, 0.25) is 0 Å². The third-order valence-corrected chi connectivity index (χ3v) is 3.60. The highest BCUT2D eigenvalue weighted by Gasteiger charge is 2.23. The summed E-state index contributed by atoms with van der Waals surface area (Å²) in [5.74, 6) is -1.53. The van der Waals surface area contributed by atoms with Gasteiger partial charge in [-0.25, -0.2) is 9.59 Å². The van der Waals surface area contributed by atoms with Crippen molar-refractivity contribution < 1.29 is 24.0 Å². The van der Waals surface area contributed by atoms with E-state index in [1.165, 1.54) is 6.07 Å². The minimum Gasteiger partial charge on any atom is -0.462 e.